The Morgan fingerprint density at radius 1 is 1.24 bits per heavy atom. The molecule has 2 aromatic carbocycles. The normalized spacial score (nSPS) is 12.9. The topological polar surface area (TPSA) is 44.5 Å². The van der Waals surface area contributed by atoms with Crippen molar-refractivity contribution in [3.05, 3.63) is 57.9 Å². The van der Waals surface area contributed by atoms with Gasteiger partial charge in [-0.15, -0.1) is 0 Å². The number of hydrogen-bond donors (Lipinski definition) is 1. The molecule has 21 heavy (non-hydrogen) atoms. The van der Waals surface area contributed by atoms with E-state index in [0.717, 1.165) is 23.3 Å². The second-order valence-corrected chi connectivity index (χ2v) is 5.33. The Morgan fingerprint density at radius 2 is 2.10 bits per heavy atom. The molecule has 0 saturated carbocycles. The van der Waals surface area contributed by atoms with Gasteiger partial charge < -0.3 is 15.2 Å². The molecule has 1 aliphatic rings. The molecule has 0 bridgehead atoms. The summed E-state index contributed by atoms with van der Waals surface area (Å²) in [5.41, 5.74) is 8.23. The fourth-order valence-corrected chi connectivity index (χ4v) is 2.72. The summed E-state index contributed by atoms with van der Waals surface area (Å²) in [6, 6.07) is 8.07. The molecular formula is C16H15ClFNO2. The number of fused-ring (bicyclic) bond motifs is 1. The first-order chi connectivity index (χ1) is 10.2. The lowest BCUT2D eigenvalue weighted by molar-refractivity contribution is 0.289. The number of nitrogens with two attached hydrogens (primary N) is 1. The van der Waals surface area contributed by atoms with Crippen LogP contribution in [0.1, 0.15) is 16.7 Å². The summed E-state index contributed by atoms with van der Waals surface area (Å²) in [5.74, 6) is 1.09. The zero-order chi connectivity index (χ0) is 14.8. The Labute approximate surface area is 127 Å². The highest BCUT2D eigenvalue weighted by Crippen LogP contribution is 2.33. The highest BCUT2D eigenvalue weighted by molar-refractivity contribution is 6.30. The minimum absolute atomic E-state index is 0.219. The van der Waals surface area contributed by atoms with Gasteiger partial charge in [-0.1, -0.05) is 11.6 Å². The highest BCUT2D eigenvalue weighted by atomic mass is 35.5. The Bertz CT molecular complexity index is 676. The van der Waals surface area contributed by atoms with E-state index in [-0.39, 0.29) is 12.4 Å². The van der Waals surface area contributed by atoms with Gasteiger partial charge >= 0.3 is 0 Å². The average molecular weight is 308 g/mol. The second kappa shape index (κ2) is 5.92. The fourth-order valence-electron chi connectivity index (χ4n) is 2.46. The van der Waals surface area contributed by atoms with E-state index in [4.69, 9.17) is 26.8 Å². The van der Waals surface area contributed by atoms with Gasteiger partial charge in [0.15, 0.2) is 0 Å². The lowest BCUT2D eigenvalue weighted by Gasteiger charge is -2.13. The molecule has 3 rings (SSSR count). The average Bonchev–Trinajstić information content (AvgIpc) is 2.93. The minimum atomic E-state index is -0.324. The molecule has 0 fully saturated rings. The van der Waals surface area contributed by atoms with Gasteiger partial charge in [0.1, 0.15) is 23.9 Å². The maximum absolute atomic E-state index is 13.2. The molecule has 1 heterocycles. The van der Waals surface area contributed by atoms with Crippen LogP contribution in [0.15, 0.2) is 30.3 Å². The van der Waals surface area contributed by atoms with Crippen LogP contribution in [0.5, 0.6) is 11.5 Å². The Kier molecular flexibility index (Phi) is 3.99. The molecule has 0 unspecified atom stereocenters. The number of halogens is 2. The van der Waals surface area contributed by atoms with Crippen LogP contribution in [-0.4, -0.2) is 6.61 Å². The number of hydrogen-bond acceptors (Lipinski definition) is 3. The molecule has 0 amide bonds. The third kappa shape index (κ3) is 2.96. The van der Waals surface area contributed by atoms with Gasteiger partial charge in [0.05, 0.1) is 6.61 Å². The number of benzene rings is 2. The van der Waals surface area contributed by atoms with Crippen LogP contribution in [0.3, 0.4) is 0 Å². The number of rotatable bonds is 4. The largest absolute Gasteiger partial charge is 0.493 e. The van der Waals surface area contributed by atoms with Crippen LogP contribution in [0.2, 0.25) is 5.02 Å². The molecule has 2 aromatic rings. The molecule has 2 N–H and O–H groups in total. The minimum Gasteiger partial charge on any atom is -0.493 e. The SMILES string of the molecule is NCc1cc(F)ccc1OCc1cc(Cl)cc2c1OCC2. The Morgan fingerprint density at radius 3 is 2.90 bits per heavy atom. The molecule has 1 aliphatic heterocycles. The van der Waals surface area contributed by atoms with Crippen molar-refractivity contribution in [1.29, 1.82) is 0 Å². The van der Waals surface area contributed by atoms with Crippen molar-refractivity contribution in [2.75, 3.05) is 6.61 Å². The maximum Gasteiger partial charge on any atom is 0.129 e. The molecule has 0 saturated heterocycles. The highest BCUT2D eigenvalue weighted by Gasteiger charge is 2.18. The summed E-state index contributed by atoms with van der Waals surface area (Å²) in [7, 11) is 0. The van der Waals surface area contributed by atoms with Gasteiger partial charge in [-0.3, -0.25) is 0 Å². The fraction of sp³-hybridized carbons (Fsp3) is 0.250. The van der Waals surface area contributed by atoms with Crippen molar-refractivity contribution in [3.8, 4) is 11.5 Å². The zero-order valence-electron chi connectivity index (χ0n) is 11.4. The summed E-state index contributed by atoms with van der Waals surface area (Å²) in [5, 5.41) is 0.663. The van der Waals surface area contributed by atoms with Crippen molar-refractivity contribution < 1.29 is 13.9 Å². The summed E-state index contributed by atoms with van der Waals surface area (Å²) in [4.78, 5) is 0. The van der Waals surface area contributed by atoms with E-state index in [9.17, 15) is 4.39 Å². The predicted molar refractivity (Wildman–Crippen MR) is 79.3 cm³/mol. The van der Waals surface area contributed by atoms with Gasteiger partial charge in [0.2, 0.25) is 0 Å². The summed E-state index contributed by atoms with van der Waals surface area (Å²) >= 11 is 6.11. The van der Waals surface area contributed by atoms with Crippen LogP contribution in [-0.2, 0) is 19.6 Å². The predicted octanol–water partition coefficient (Wildman–Crippen LogP) is 3.45. The van der Waals surface area contributed by atoms with E-state index in [0.29, 0.717) is 29.5 Å². The first-order valence-electron chi connectivity index (χ1n) is 6.73. The van der Waals surface area contributed by atoms with E-state index in [1.165, 1.54) is 12.1 Å². The molecule has 0 atom stereocenters. The Balaban J connectivity index is 1.83. The Hall–Kier alpha value is -1.78. The zero-order valence-corrected chi connectivity index (χ0v) is 12.1. The van der Waals surface area contributed by atoms with E-state index < -0.39 is 0 Å². The van der Waals surface area contributed by atoms with Crippen LogP contribution in [0.25, 0.3) is 0 Å². The quantitative estimate of drug-likeness (QED) is 0.941. The first kappa shape index (κ1) is 14.2. The van der Waals surface area contributed by atoms with Crippen LogP contribution < -0.4 is 15.2 Å². The van der Waals surface area contributed by atoms with Crippen molar-refractivity contribution >= 4 is 11.6 Å². The summed E-state index contributed by atoms with van der Waals surface area (Å²) in [6.07, 6.45) is 0.855. The van der Waals surface area contributed by atoms with Crippen LogP contribution in [0.4, 0.5) is 4.39 Å². The van der Waals surface area contributed by atoms with Crippen molar-refractivity contribution in [1.82, 2.24) is 0 Å². The molecular weight excluding hydrogens is 293 g/mol. The van der Waals surface area contributed by atoms with Crippen molar-refractivity contribution in [3.63, 3.8) is 0 Å². The van der Waals surface area contributed by atoms with E-state index >= 15 is 0 Å². The van der Waals surface area contributed by atoms with Crippen LogP contribution >= 0.6 is 11.6 Å². The molecule has 0 spiro atoms. The molecule has 0 aliphatic carbocycles. The van der Waals surface area contributed by atoms with E-state index in [2.05, 4.69) is 0 Å². The maximum atomic E-state index is 13.2. The van der Waals surface area contributed by atoms with Gasteiger partial charge in [0, 0.05) is 29.1 Å². The monoisotopic (exact) mass is 307 g/mol. The number of ether oxygens (including phenoxy) is 2. The molecule has 5 heteroatoms. The molecule has 0 radical (unpaired) electrons. The third-order valence-electron chi connectivity index (χ3n) is 3.45. The van der Waals surface area contributed by atoms with Gasteiger partial charge in [-0.2, -0.15) is 0 Å². The van der Waals surface area contributed by atoms with E-state index in [1.807, 2.05) is 12.1 Å². The van der Waals surface area contributed by atoms with Crippen molar-refractivity contribution in [2.24, 2.45) is 5.73 Å². The lowest BCUT2D eigenvalue weighted by atomic mass is 10.1. The molecule has 0 aromatic heterocycles. The van der Waals surface area contributed by atoms with Crippen LogP contribution in [0, 0.1) is 5.82 Å². The van der Waals surface area contributed by atoms with E-state index in [1.54, 1.807) is 6.07 Å². The lowest BCUT2D eigenvalue weighted by Crippen LogP contribution is -2.04. The summed E-state index contributed by atoms with van der Waals surface area (Å²) in [6.45, 7) is 1.19. The van der Waals surface area contributed by atoms with Gasteiger partial charge in [0.25, 0.3) is 0 Å². The first-order valence-corrected chi connectivity index (χ1v) is 7.10. The third-order valence-corrected chi connectivity index (χ3v) is 3.67. The van der Waals surface area contributed by atoms with Gasteiger partial charge in [-0.25, -0.2) is 4.39 Å². The molecule has 3 nitrogen and oxygen atoms in total. The standard InChI is InChI=1S/C16H15ClFNO2/c17-13-5-10-3-4-20-16(10)12(6-13)9-21-15-2-1-14(18)7-11(15)8-19/h1-2,5-7H,3-4,8-9,19H2. The summed E-state index contributed by atoms with van der Waals surface area (Å²) < 4.78 is 24.6. The second-order valence-electron chi connectivity index (χ2n) is 4.90. The smallest absolute Gasteiger partial charge is 0.129 e. The molecule has 110 valence electrons. The van der Waals surface area contributed by atoms with Gasteiger partial charge in [-0.05, 0) is 35.9 Å². The van der Waals surface area contributed by atoms with Crippen molar-refractivity contribution in [2.45, 2.75) is 19.6 Å².